The molecule has 4 heterocycles. The number of aromatic nitrogens is 3. The highest BCUT2D eigenvalue weighted by atomic mass is 16.6. The van der Waals surface area contributed by atoms with Crippen molar-refractivity contribution >= 4 is 5.82 Å². The molecule has 0 saturated carbocycles. The van der Waals surface area contributed by atoms with Gasteiger partial charge in [-0.05, 0) is 25.1 Å². The SMILES string of the molecule is COc1cccc(-n2nc(C)cc2N2CCN(C[C@H]3COc4ccccc4O3)CC2)n1. The standard InChI is InChI=1S/C23H27N5O3/c1-17-14-23(28(25-17)21-8-5-9-22(24-21)29-2)27-12-10-26(11-13-27)15-18-16-30-19-6-3-4-7-20(19)31-18/h3-9,14,18H,10-13,15-16H2,1-2H3/t18-/m0/s1. The van der Waals surface area contributed by atoms with Crippen LogP contribution < -0.4 is 19.1 Å². The van der Waals surface area contributed by atoms with Gasteiger partial charge in [-0.25, -0.2) is 0 Å². The van der Waals surface area contributed by atoms with E-state index >= 15 is 0 Å². The highest BCUT2D eigenvalue weighted by Gasteiger charge is 2.26. The van der Waals surface area contributed by atoms with Crippen molar-refractivity contribution in [1.29, 1.82) is 0 Å². The smallest absolute Gasteiger partial charge is 0.214 e. The van der Waals surface area contributed by atoms with E-state index in [0.717, 1.165) is 61.6 Å². The summed E-state index contributed by atoms with van der Waals surface area (Å²) in [5.74, 6) is 4.07. The number of methoxy groups -OCH3 is 1. The molecule has 1 saturated heterocycles. The minimum Gasteiger partial charge on any atom is -0.486 e. The van der Waals surface area contributed by atoms with Crippen molar-refractivity contribution in [3.63, 3.8) is 0 Å². The molecule has 2 aliphatic rings. The number of nitrogens with zero attached hydrogens (tertiary/aromatic N) is 5. The Morgan fingerprint density at radius 1 is 1.03 bits per heavy atom. The number of ether oxygens (including phenoxy) is 3. The van der Waals surface area contributed by atoms with Gasteiger partial charge in [0, 0.05) is 44.9 Å². The van der Waals surface area contributed by atoms with Crippen LogP contribution in [0, 0.1) is 6.92 Å². The summed E-state index contributed by atoms with van der Waals surface area (Å²) < 4.78 is 19.2. The Morgan fingerprint density at radius 2 is 1.84 bits per heavy atom. The molecule has 0 unspecified atom stereocenters. The van der Waals surface area contributed by atoms with Gasteiger partial charge >= 0.3 is 0 Å². The second-order valence-corrected chi connectivity index (χ2v) is 7.88. The largest absolute Gasteiger partial charge is 0.486 e. The molecule has 0 spiro atoms. The third-order valence-corrected chi connectivity index (χ3v) is 5.67. The summed E-state index contributed by atoms with van der Waals surface area (Å²) in [4.78, 5) is 9.36. The average molecular weight is 422 g/mol. The summed E-state index contributed by atoms with van der Waals surface area (Å²) in [5, 5.41) is 4.67. The van der Waals surface area contributed by atoms with E-state index in [9.17, 15) is 0 Å². The van der Waals surface area contributed by atoms with Gasteiger partial charge in [0.1, 0.15) is 18.5 Å². The lowest BCUT2D eigenvalue weighted by Gasteiger charge is -2.38. The van der Waals surface area contributed by atoms with Crippen molar-refractivity contribution in [2.24, 2.45) is 0 Å². The van der Waals surface area contributed by atoms with Crippen LogP contribution >= 0.6 is 0 Å². The maximum Gasteiger partial charge on any atom is 0.214 e. The Morgan fingerprint density at radius 3 is 2.65 bits per heavy atom. The summed E-state index contributed by atoms with van der Waals surface area (Å²) in [6, 6.07) is 15.7. The third kappa shape index (κ3) is 4.16. The molecule has 31 heavy (non-hydrogen) atoms. The van der Waals surface area contributed by atoms with Crippen molar-refractivity contribution in [2.75, 3.05) is 51.3 Å². The average Bonchev–Trinajstić information content (AvgIpc) is 3.21. The first-order valence-corrected chi connectivity index (χ1v) is 10.6. The van der Waals surface area contributed by atoms with Gasteiger partial charge in [0.25, 0.3) is 0 Å². The highest BCUT2D eigenvalue weighted by Crippen LogP contribution is 2.31. The zero-order valence-electron chi connectivity index (χ0n) is 17.9. The molecule has 5 rings (SSSR count). The maximum atomic E-state index is 6.13. The van der Waals surface area contributed by atoms with Crippen LogP contribution in [0.4, 0.5) is 5.82 Å². The van der Waals surface area contributed by atoms with E-state index in [0.29, 0.717) is 12.5 Å². The molecule has 0 bridgehead atoms. The van der Waals surface area contributed by atoms with Crippen LogP contribution in [0.25, 0.3) is 5.82 Å². The van der Waals surface area contributed by atoms with Gasteiger partial charge in [-0.2, -0.15) is 14.8 Å². The summed E-state index contributed by atoms with van der Waals surface area (Å²) in [6.07, 6.45) is 0.0511. The number of anilines is 1. The summed E-state index contributed by atoms with van der Waals surface area (Å²) >= 11 is 0. The number of benzene rings is 1. The fourth-order valence-corrected chi connectivity index (χ4v) is 4.12. The van der Waals surface area contributed by atoms with Crippen molar-refractivity contribution in [3.8, 4) is 23.2 Å². The molecule has 2 aromatic heterocycles. The van der Waals surface area contributed by atoms with Gasteiger partial charge in [-0.1, -0.05) is 18.2 Å². The van der Waals surface area contributed by atoms with Crippen molar-refractivity contribution in [2.45, 2.75) is 13.0 Å². The zero-order valence-corrected chi connectivity index (χ0v) is 17.9. The predicted molar refractivity (Wildman–Crippen MR) is 118 cm³/mol. The van der Waals surface area contributed by atoms with Gasteiger partial charge in [-0.3, -0.25) is 4.90 Å². The Hall–Kier alpha value is -3.26. The van der Waals surface area contributed by atoms with Crippen LogP contribution in [-0.4, -0.2) is 72.2 Å². The van der Waals surface area contributed by atoms with Crippen LogP contribution in [0.15, 0.2) is 48.5 Å². The molecule has 1 aromatic carbocycles. The third-order valence-electron chi connectivity index (χ3n) is 5.67. The molecule has 0 N–H and O–H groups in total. The molecule has 0 radical (unpaired) electrons. The molecular weight excluding hydrogens is 394 g/mol. The van der Waals surface area contributed by atoms with Crippen LogP contribution in [0.1, 0.15) is 5.69 Å². The Labute approximate surface area is 182 Å². The van der Waals surface area contributed by atoms with Crippen LogP contribution in [-0.2, 0) is 0 Å². The fraction of sp³-hybridized carbons (Fsp3) is 0.391. The predicted octanol–water partition coefficient (Wildman–Crippen LogP) is 2.55. The number of fused-ring (bicyclic) bond motifs is 1. The van der Waals surface area contributed by atoms with Crippen LogP contribution in [0.2, 0.25) is 0 Å². The molecule has 162 valence electrons. The lowest BCUT2D eigenvalue weighted by atomic mass is 10.2. The lowest BCUT2D eigenvalue weighted by Crippen LogP contribution is -2.51. The lowest BCUT2D eigenvalue weighted by molar-refractivity contribution is 0.0570. The van der Waals surface area contributed by atoms with E-state index in [1.165, 1.54) is 0 Å². The second kappa shape index (κ2) is 8.47. The molecule has 1 fully saturated rings. The minimum atomic E-state index is 0.0511. The number of rotatable bonds is 5. The molecule has 3 aromatic rings. The number of para-hydroxylation sites is 2. The van der Waals surface area contributed by atoms with Crippen molar-refractivity contribution in [3.05, 3.63) is 54.2 Å². The minimum absolute atomic E-state index is 0.0511. The number of hydrogen-bond acceptors (Lipinski definition) is 7. The van der Waals surface area contributed by atoms with Gasteiger partial charge in [0.15, 0.2) is 17.3 Å². The quantitative estimate of drug-likeness (QED) is 0.627. The first-order valence-electron chi connectivity index (χ1n) is 10.6. The number of pyridine rings is 1. The van der Waals surface area contributed by atoms with Crippen LogP contribution in [0.5, 0.6) is 17.4 Å². The maximum absolute atomic E-state index is 6.13. The Kier molecular flexibility index (Phi) is 5.38. The Balaban J connectivity index is 1.23. The van der Waals surface area contributed by atoms with E-state index in [1.807, 2.05) is 54.1 Å². The summed E-state index contributed by atoms with van der Waals surface area (Å²) in [7, 11) is 1.63. The molecule has 8 heteroatoms. The highest BCUT2D eigenvalue weighted by molar-refractivity contribution is 5.47. The first-order chi connectivity index (χ1) is 15.2. The second-order valence-electron chi connectivity index (χ2n) is 7.88. The van der Waals surface area contributed by atoms with Gasteiger partial charge in [0.05, 0.1) is 12.8 Å². The molecule has 1 atom stereocenters. The van der Waals surface area contributed by atoms with E-state index < -0.39 is 0 Å². The van der Waals surface area contributed by atoms with E-state index in [-0.39, 0.29) is 6.10 Å². The zero-order chi connectivity index (χ0) is 21.2. The van der Waals surface area contributed by atoms with Crippen molar-refractivity contribution in [1.82, 2.24) is 19.7 Å². The number of piperazine rings is 1. The first kappa shape index (κ1) is 19.7. The number of hydrogen-bond donors (Lipinski definition) is 0. The monoisotopic (exact) mass is 421 g/mol. The van der Waals surface area contributed by atoms with E-state index in [2.05, 4.69) is 25.9 Å². The summed E-state index contributed by atoms with van der Waals surface area (Å²) in [5.41, 5.74) is 0.966. The Bertz CT molecular complexity index is 1050. The summed E-state index contributed by atoms with van der Waals surface area (Å²) in [6.45, 7) is 7.20. The van der Waals surface area contributed by atoms with Crippen LogP contribution in [0.3, 0.4) is 0 Å². The van der Waals surface area contributed by atoms with Gasteiger partial charge < -0.3 is 19.1 Å². The van der Waals surface area contributed by atoms with E-state index in [1.54, 1.807) is 7.11 Å². The molecule has 0 amide bonds. The van der Waals surface area contributed by atoms with Gasteiger partial charge in [-0.15, -0.1) is 0 Å². The molecule has 0 aliphatic carbocycles. The fourth-order valence-electron chi connectivity index (χ4n) is 4.12. The van der Waals surface area contributed by atoms with Crippen molar-refractivity contribution < 1.29 is 14.2 Å². The normalized spacial score (nSPS) is 18.8. The number of aryl methyl sites for hydroxylation is 1. The molecule has 2 aliphatic heterocycles. The van der Waals surface area contributed by atoms with E-state index in [4.69, 9.17) is 14.2 Å². The molecule has 8 nitrogen and oxygen atoms in total. The van der Waals surface area contributed by atoms with Gasteiger partial charge in [0.2, 0.25) is 5.88 Å². The topological polar surface area (TPSA) is 64.9 Å². The molecular formula is C23H27N5O3.